The number of hydrogen-bond donors (Lipinski definition) is 0. The Hall–Kier alpha value is -2.26. The van der Waals surface area contributed by atoms with Crippen LogP contribution in [-0.4, -0.2) is 27.9 Å². The zero-order valence-corrected chi connectivity index (χ0v) is 63.4. The molecule has 0 spiro atoms. The van der Waals surface area contributed by atoms with Crippen molar-refractivity contribution in [3.63, 3.8) is 0 Å². The summed E-state index contributed by atoms with van der Waals surface area (Å²) in [6.45, 7) is 12.6. The van der Waals surface area contributed by atoms with Crippen molar-refractivity contribution in [2.24, 2.45) is 0 Å². The number of benzene rings is 4. The fraction of sp³-hybridized carbons (Fsp3) is 0.684. The van der Waals surface area contributed by atoms with E-state index in [9.17, 15) is 43.2 Å². The molecule has 0 bridgehead atoms. The molecule has 16 heteroatoms. The monoisotopic (exact) mass is 1560 g/mol. The van der Waals surface area contributed by atoms with Crippen LogP contribution in [0.1, 0.15) is 318 Å². The second-order valence-electron chi connectivity index (χ2n) is 25.4. The number of alkyl halides is 6. The minimum Gasteiger partial charge on any atom is -0.0654 e. The van der Waals surface area contributed by atoms with Crippen molar-refractivity contribution in [3.05, 3.63) is 133 Å². The summed E-state index contributed by atoms with van der Waals surface area (Å²) >= 11 is -6.97. The number of unbranched alkanes of at least 4 members (excludes halogenated alkanes) is 36. The van der Waals surface area contributed by atoms with E-state index in [1.807, 2.05) is 62.4 Å². The third-order valence-electron chi connectivity index (χ3n) is 17.3. The van der Waals surface area contributed by atoms with Gasteiger partial charge in [0.15, 0.2) is 0 Å². The van der Waals surface area contributed by atoms with Gasteiger partial charge in [0.1, 0.15) is 0 Å². The van der Waals surface area contributed by atoms with E-state index >= 15 is 0 Å². The molecule has 4 aromatic carbocycles. The second-order valence-corrected chi connectivity index (χ2v) is 38.0. The van der Waals surface area contributed by atoms with Crippen LogP contribution >= 0.6 is 40.5 Å². The van der Waals surface area contributed by atoms with E-state index in [1.54, 1.807) is 24.3 Å². The zero-order valence-electron chi connectivity index (χ0n) is 57.5. The van der Waals surface area contributed by atoms with Crippen LogP contribution in [-0.2, 0) is 50.9 Å². The minimum absolute atomic E-state index is 0.597. The van der Waals surface area contributed by atoms with Crippen LogP contribution in [0.5, 0.6) is 0 Å². The quantitative estimate of drug-likeness (QED) is 0.0189. The van der Waals surface area contributed by atoms with Crippen molar-refractivity contribution < 1.29 is 48.2 Å². The van der Waals surface area contributed by atoms with Crippen LogP contribution in [0.25, 0.3) is 0 Å². The first-order chi connectivity index (χ1) is 44.2. The smallest absolute Gasteiger partial charge is 0.0654 e. The van der Waals surface area contributed by atoms with Crippen LogP contribution in [0.15, 0.2) is 84.9 Å². The standard InChI is InChI=1S/2C38H60F3IO3S/c2*1-4-6-8-10-12-14-16-18-20-22-28-34-29-26-32-37(35(34)30-23-21-19-17-15-13-11-9-7-5-2)42(36-31-25-24-27-33(36)3)45-46(43,44)38(39,40)41/h2*24-27,29,31-32H,4-23,28,30H2,1-3H3. The Morgan fingerprint density at radius 1 is 0.293 bits per heavy atom. The molecule has 0 amide bonds. The predicted molar refractivity (Wildman–Crippen MR) is 392 cm³/mol. The van der Waals surface area contributed by atoms with Crippen molar-refractivity contribution >= 4 is 60.7 Å². The number of aryl methyl sites for hydroxylation is 4. The van der Waals surface area contributed by atoms with E-state index in [4.69, 9.17) is 5.03 Å². The maximum atomic E-state index is 13.6. The third kappa shape index (κ3) is 33.8. The summed E-state index contributed by atoms with van der Waals surface area (Å²) in [6, 6.07) is 25.9. The Kier molecular flexibility index (Phi) is 45.0. The van der Waals surface area contributed by atoms with Gasteiger partial charge in [0, 0.05) is 0 Å². The molecule has 0 aromatic heterocycles. The summed E-state index contributed by atoms with van der Waals surface area (Å²) in [7, 11) is -11.5. The molecule has 0 saturated heterocycles. The van der Waals surface area contributed by atoms with E-state index in [0.29, 0.717) is 14.3 Å². The van der Waals surface area contributed by atoms with Crippen LogP contribution in [0.4, 0.5) is 26.3 Å². The van der Waals surface area contributed by atoms with E-state index in [2.05, 4.69) is 39.8 Å². The van der Waals surface area contributed by atoms with Gasteiger partial charge >= 0.3 is 510 Å². The molecular formula is C76H120F6I2O6S2. The van der Waals surface area contributed by atoms with E-state index in [-0.39, 0.29) is 0 Å². The summed E-state index contributed by atoms with van der Waals surface area (Å²) in [5, 5.41) is 0. The Bertz CT molecular complexity index is 2590. The topological polar surface area (TPSA) is 86.7 Å². The molecule has 0 fully saturated rings. The second kappa shape index (κ2) is 49.3. The van der Waals surface area contributed by atoms with E-state index in [1.165, 1.54) is 193 Å². The molecule has 0 radical (unpaired) electrons. The van der Waals surface area contributed by atoms with Crippen molar-refractivity contribution in [1.82, 2.24) is 0 Å². The Morgan fingerprint density at radius 2 is 0.511 bits per heavy atom. The Labute approximate surface area is 572 Å². The Morgan fingerprint density at radius 3 is 0.750 bits per heavy atom. The molecule has 6 nitrogen and oxygen atoms in total. The van der Waals surface area contributed by atoms with Crippen LogP contribution in [0.2, 0.25) is 0 Å². The number of rotatable bonds is 52. The molecule has 0 N–H and O–H groups in total. The van der Waals surface area contributed by atoms with Crippen LogP contribution in [0.3, 0.4) is 0 Å². The first kappa shape index (κ1) is 84.0. The van der Waals surface area contributed by atoms with E-state index < -0.39 is 71.7 Å². The minimum atomic E-state index is -5.75. The SMILES string of the molecule is CCCCCCCCCCCCc1cccc(I(OS(=O)(=O)C(F)(F)F)c2ccccc2C)c1CCCCCCCCCCCC.CCCCCCCCCCCCc1cccc(I(OS(=O)(=O)C(F)(F)F)c2ccccc2C)c1CCCCCCCCCCCC. The average Bonchev–Trinajstić information content (AvgIpc) is 0.805. The predicted octanol–water partition coefficient (Wildman–Crippen LogP) is 26.5. The molecule has 0 unspecified atom stereocenters. The molecule has 92 heavy (non-hydrogen) atoms. The van der Waals surface area contributed by atoms with Gasteiger partial charge in [-0.2, -0.15) is 0 Å². The molecule has 4 aromatic rings. The van der Waals surface area contributed by atoms with Crippen LogP contribution < -0.4 is 0 Å². The summed E-state index contributed by atoms with van der Waals surface area (Å²) < 4.78 is 145. The molecule has 0 aliphatic heterocycles. The molecule has 0 aliphatic carbocycles. The molecular weight excluding hydrogens is 1440 g/mol. The number of halogens is 8. The van der Waals surface area contributed by atoms with Gasteiger partial charge in [0.25, 0.3) is 0 Å². The average molecular weight is 1560 g/mol. The Balaban J connectivity index is 0.000000480. The van der Waals surface area contributed by atoms with E-state index in [0.717, 1.165) is 123 Å². The number of hydrogen-bond acceptors (Lipinski definition) is 6. The van der Waals surface area contributed by atoms with Gasteiger partial charge in [-0.25, -0.2) is 0 Å². The first-order valence-electron chi connectivity index (χ1n) is 36.0. The van der Waals surface area contributed by atoms with Gasteiger partial charge < -0.3 is 0 Å². The summed E-state index contributed by atoms with van der Waals surface area (Å²) in [5.74, 6) is 0. The first-order valence-corrected chi connectivity index (χ1v) is 44.9. The summed E-state index contributed by atoms with van der Waals surface area (Å²) in [5.41, 5.74) is -5.10. The molecule has 0 atom stereocenters. The van der Waals surface area contributed by atoms with Crippen molar-refractivity contribution in [2.45, 2.75) is 335 Å². The van der Waals surface area contributed by atoms with Gasteiger partial charge in [-0.05, 0) is 0 Å². The summed E-state index contributed by atoms with van der Waals surface area (Å²) in [4.78, 5) is 0. The normalized spacial score (nSPS) is 12.5. The van der Waals surface area contributed by atoms with Crippen molar-refractivity contribution in [1.29, 1.82) is 0 Å². The summed E-state index contributed by atoms with van der Waals surface area (Å²) in [6.07, 6.45) is 52.0. The van der Waals surface area contributed by atoms with Gasteiger partial charge in [-0.1, -0.05) is 66.2 Å². The molecule has 528 valence electrons. The molecule has 0 aliphatic rings. The zero-order chi connectivity index (χ0) is 67.4. The third-order valence-corrected chi connectivity index (χ3v) is 32.7. The van der Waals surface area contributed by atoms with Crippen molar-refractivity contribution in [2.75, 3.05) is 0 Å². The van der Waals surface area contributed by atoms with Gasteiger partial charge in [-0.15, -0.1) is 0 Å². The fourth-order valence-electron chi connectivity index (χ4n) is 11.8. The maximum absolute atomic E-state index is 13.6. The van der Waals surface area contributed by atoms with Crippen LogP contribution in [0, 0.1) is 28.1 Å². The fourth-order valence-corrected chi connectivity index (χ4v) is 26.7. The molecule has 0 saturated carbocycles. The van der Waals surface area contributed by atoms with Crippen molar-refractivity contribution in [3.8, 4) is 0 Å². The van der Waals surface area contributed by atoms with Gasteiger partial charge in [0.05, 0.1) is 0 Å². The van der Waals surface area contributed by atoms with Gasteiger partial charge in [0.2, 0.25) is 0 Å². The molecule has 4 rings (SSSR count). The molecule has 0 heterocycles. The van der Waals surface area contributed by atoms with Gasteiger partial charge in [-0.3, -0.25) is 0 Å².